The Bertz CT molecular complexity index is 1260. The molecule has 3 amide bonds. The second-order valence-corrected chi connectivity index (χ2v) is 8.26. The van der Waals surface area contributed by atoms with Gasteiger partial charge in [0.15, 0.2) is 23.2 Å². The van der Waals surface area contributed by atoms with Gasteiger partial charge in [-0.3, -0.25) is 19.3 Å². The highest BCUT2D eigenvalue weighted by atomic mass is 32.1. The first-order chi connectivity index (χ1) is 17.2. The molecule has 0 fully saturated rings. The molecule has 12 nitrogen and oxygen atoms in total. The van der Waals surface area contributed by atoms with Crippen LogP contribution in [0.1, 0.15) is 37.7 Å². The molecule has 0 bridgehead atoms. The molecule has 0 spiro atoms. The number of anilines is 2. The number of amides is 3. The molecule has 0 aliphatic carbocycles. The summed E-state index contributed by atoms with van der Waals surface area (Å²) in [6.07, 6.45) is 0. The van der Waals surface area contributed by atoms with Crippen molar-refractivity contribution in [1.29, 1.82) is 0 Å². The average Bonchev–Trinajstić information content (AvgIpc) is 3.46. The van der Waals surface area contributed by atoms with Crippen molar-refractivity contribution in [3.63, 3.8) is 0 Å². The number of primary amides is 1. The van der Waals surface area contributed by atoms with Gasteiger partial charge < -0.3 is 35.4 Å². The number of aryl methyl sites for hydroxylation is 1. The lowest BCUT2D eigenvalue weighted by molar-refractivity contribution is -0.123. The lowest BCUT2D eigenvalue weighted by Gasteiger charge is -2.30. The summed E-state index contributed by atoms with van der Waals surface area (Å²) >= 11 is 0.699. The van der Waals surface area contributed by atoms with E-state index in [2.05, 4.69) is 9.69 Å². The van der Waals surface area contributed by atoms with E-state index in [-0.39, 0.29) is 40.9 Å². The summed E-state index contributed by atoms with van der Waals surface area (Å²) in [6.45, 7) is 2.16. The number of nitrogens with two attached hydrogens (primary N) is 2. The maximum absolute atomic E-state index is 14.0. The van der Waals surface area contributed by atoms with Gasteiger partial charge in [-0.1, -0.05) is 0 Å². The van der Waals surface area contributed by atoms with Crippen LogP contribution in [0.5, 0.6) is 11.5 Å². The van der Waals surface area contributed by atoms with E-state index >= 15 is 0 Å². The fourth-order valence-electron chi connectivity index (χ4n) is 3.44. The first kappa shape index (κ1) is 26.5. The number of carbonyl (C=O) groups excluding carboxylic acids is 3. The van der Waals surface area contributed by atoms with E-state index in [1.54, 1.807) is 31.2 Å². The van der Waals surface area contributed by atoms with Crippen molar-refractivity contribution in [2.75, 3.05) is 45.1 Å². The molecule has 0 saturated heterocycles. The van der Waals surface area contributed by atoms with E-state index in [4.69, 9.17) is 30.1 Å². The SMILES string of the molecule is COCCNC(=O)[C@H](c1ccc(C)o1)N(C(=O)c1snc(C(N)=O)c1N)c1ccc(OC)c(OC)c1. The van der Waals surface area contributed by atoms with Crippen molar-refractivity contribution < 1.29 is 33.0 Å². The molecule has 3 rings (SSSR count). The Labute approximate surface area is 211 Å². The molecular weight excluding hydrogens is 490 g/mol. The van der Waals surface area contributed by atoms with Crippen LogP contribution in [0.4, 0.5) is 11.4 Å². The zero-order valence-electron chi connectivity index (χ0n) is 20.2. The van der Waals surface area contributed by atoms with Gasteiger partial charge in [-0.25, -0.2) is 0 Å². The van der Waals surface area contributed by atoms with Gasteiger partial charge >= 0.3 is 0 Å². The standard InChI is InChI=1S/C23H27N5O7S/c1-12-5-7-15(35-12)19(22(30)26-9-10-32-2)28(13-6-8-14(33-3)16(11-13)34-4)23(31)20-17(24)18(21(25)29)27-36-20/h5-8,11,19H,9-10,24H2,1-4H3,(H2,25,29)(H,26,30)/t19-/m0/s1. The fourth-order valence-corrected chi connectivity index (χ4v) is 4.19. The minimum atomic E-state index is -1.26. The molecule has 5 N–H and O–H groups in total. The molecule has 0 unspecified atom stereocenters. The number of aromatic nitrogens is 1. The Morgan fingerprint density at radius 2 is 1.86 bits per heavy atom. The summed E-state index contributed by atoms with van der Waals surface area (Å²) in [6, 6.07) is 6.72. The van der Waals surface area contributed by atoms with Gasteiger partial charge in [0.2, 0.25) is 0 Å². The highest BCUT2D eigenvalue weighted by Gasteiger charge is 2.38. The maximum atomic E-state index is 14.0. The van der Waals surface area contributed by atoms with Crippen LogP contribution < -0.4 is 31.2 Å². The Balaban J connectivity index is 2.21. The first-order valence-corrected chi connectivity index (χ1v) is 11.4. The Kier molecular flexibility index (Phi) is 8.51. The number of benzene rings is 1. The third kappa shape index (κ3) is 5.42. The van der Waals surface area contributed by atoms with E-state index < -0.39 is 23.8 Å². The largest absolute Gasteiger partial charge is 0.493 e. The van der Waals surface area contributed by atoms with E-state index in [9.17, 15) is 14.4 Å². The summed E-state index contributed by atoms with van der Waals surface area (Å²) in [4.78, 5) is 40.2. The van der Waals surface area contributed by atoms with Gasteiger partial charge in [0.05, 0.1) is 26.5 Å². The molecule has 0 aliphatic rings. The smallest absolute Gasteiger partial charge is 0.273 e. The van der Waals surface area contributed by atoms with E-state index in [0.717, 1.165) is 0 Å². The van der Waals surface area contributed by atoms with E-state index in [1.807, 2.05) is 0 Å². The van der Waals surface area contributed by atoms with Crippen molar-refractivity contribution in [2.45, 2.75) is 13.0 Å². The van der Waals surface area contributed by atoms with Crippen molar-refractivity contribution >= 4 is 40.6 Å². The number of furan rings is 1. The molecule has 2 heterocycles. The third-order valence-electron chi connectivity index (χ3n) is 5.16. The van der Waals surface area contributed by atoms with Crippen LogP contribution in [0.2, 0.25) is 0 Å². The predicted octanol–water partition coefficient (Wildman–Crippen LogP) is 1.89. The average molecular weight is 518 g/mol. The summed E-state index contributed by atoms with van der Waals surface area (Å²) < 4.78 is 25.4. The Hall–Kier alpha value is -4.10. The number of hydrogen-bond acceptors (Lipinski definition) is 10. The van der Waals surface area contributed by atoms with Crippen LogP contribution in [0.25, 0.3) is 0 Å². The monoisotopic (exact) mass is 517 g/mol. The van der Waals surface area contributed by atoms with Crippen LogP contribution in [0.3, 0.4) is 0 Å². The quantitative estimate of drug-likeness (QED) is 0.321. The lowest BCUT2D eigenvalue weighted by atomic mass is 10.1. The lowest BCUT2D eigenvalue weighted by Crippen LogP contribution is -2.44. The third-order valence-corrected chi connectivity index (χ3v) is 6.01. The van der Waals surface area contributed by atoms with Crippen LogP contribution in [-0.2, 0) is 9.53 Å². The summed E-state index contributed by atoms with van der Waals surface area (Å²) in [5, 5.41) is 2.75. The minimum Gasteiger partial charge on any atom is -0.493 e. The number of hydrogen-bond donors (Lipinski definition) is 3. The van der Waals surface area contributed by atoms with Crippen molar-refractivity contribution in [3.05, 3.63) is 52.4 Å². The van der Waals surface area contributed by atoms with Crippen LogP contribution >= 0.6 is 11.5 Å². The molecule has 0 saturated carbocycles. The van der Waals surface area contributed by atoms with E-state index in [1.165, 1.54) is 32.3 Å². The number of ether oxygens (including phenoxy) is 3. The second-order valence-electron chi connectivity index (χ2n) is 7.49. The molecule has 0 aliphatic heterocycles. The van der Waals surface area contributed by atoms with Gasteiger partial charge in [-0.15, -0.1) is 0 Å². The van der Waals surface area contributed by atoms with E-state index in [0.29, 0.717) is 28.8 Å². The maximum Gasteiger partial charge on any atom is 0.273 e. The second kappa shape index (κ2) is 11.6. The number of nitrogens with zero attached hydrogens (tertiary/aromatic N) is 2. The van der Waals surface area contributed by atoms with Crippen LogP contribution in [-0.4, -0.2) is 56.6 Å². The molecule has 2 aromatic heterocycles. The summed E-state index contributed by atoms with van der Waals surface area (Å²) in [7, 11) is 4.42. The molecule has 192 valence electrons. The summed E-state index contributed by atoms with van der Waals surface area (Å²) in [5.74, 6) is -0.658. The predicted molar refractivity (Wildman–Crippen MR) is 132 cm³/mol. The number of methoxy groups -OCH3 is 3. The zero-order chi connectivity index (χ0) is 26.4. The van der Waals surface area contributed by atoms with Gasteiger partial charge in [-0.2, -0.15) is 4.37 Å². The fraction of sp³-hybridized carbons (Fsp3) is 0.304. The van der Waals surface area contributed by atoms with Crippen molar-refractivity contribution in [3.8, 4) is 11.5 Å². The minimum absolute atomic E-state index is 0.0726. The molecule has 3 aromatic rings. The Morgan fingerprint density at radius 3 is 2.42 bits per heavy atom. The normalized spacial score (nSPS) is 11.6. The van der Waals surface area contributed by atoms with Crippen LogP contribution in [0.15, 0.2) is 34.7 Å². The van der Waals surface area contributed by atoms with Gasteiger partial charge in [0.1, 0.15) is 16.4 Å². The van der Waals surface area contributed by atoms with Crippen molar-refractivity contribution in [2.24, 2.45) is 5.73 Å². The first-order valence-electron chi connectivity index (χ1n) is 10.7. The summed E-state index contributed by atoms with van der Waals surface area (Å²) in [5.41, 5.74) is 11.2. The van der Waals surface area contributed by atoms with Crippen molar-refractivity contribution in [1.82, 2.24) is 9.69 Å². The molecule has 13 heteroatoms. The molecule has 36 heavy (non-hydrogen) atoms. The Morgan fingerprint density at radius 1 is 1.14 bits per heavy atom. The highest BCUT2D eigenvalue weighted by molar-refractivity contribution is 7.09. The van der Waals surface area contributed by atoms with Crippen LogP contribution in [0, 0.1) is 6.92 Å². The molecular formula is C23H27N5O7S. The number of nitrogens with one attached hydrogen (secondary N) is 1. The number of nitrogen functional groups attached to an aromatic ring is 1. The molecule has 1 aromatic carbocycles. The zero-order valence-corrected chi connectivity index (χ0v) is 21.0. The topological polar surface area (TPSA) is 172 Å². The van der Waals surface area contributed by atoms with Gasteiger partial charge in [0, 0.05) is 25.4 Å². The number of rotatable bonds is 11. The number of carbonyl (C=O) groups is 3. The van der Waals surface area contributed by atoms with Gasteiger partial charge in [-0.05, 0) is 42.7 Å². The molecule has 0 radical (unpaired) electrons. The highest BCUT2D eigenvalue weighted by Crippen LogP contribution is 2.38. The molecule has 1 atom stereocenters. The van der Waals surface area contributed by atoms with Gasteiger partial charge in [0.25, 0.3) is 17.7 Å².